The van der Waals surface area contributed by atoms with Gasteiger partial charge in [0.15, 0.2) is 0 Å². The second kappa shape index (κ2) is 6.37. The van der Waals surface area contributed by atoms with Gasteiger partial charge in [0.05, 0.1) is 5.01 Å². The molecule has 2 aromatic rings. The molecule has 0 saturated heterocycles. The predicted molar refractivity (Wildman–Crippen MR) is 84.5 cm³/mol. The Morgan fingerprint density at radius 3 is 2.52 bits per heavy atom. The third-order valence-corrected chi connectivity index (χ3v) is 4.48. The molecule has 0 aliphatic heterocycles. The largest absolute Gasteiger partial charge is 0.480 e. The van der Waals surface area contributed by atoms with E-state index in [0.29, 0.717) is 6.54 Å². The number of benzene rings is 1. The molecule has 0 amide bonds. The number of nitrogens with one attached hydrogen (secondary N) is 1. The van der Waals surface area contributed by atoms with E-state index in [9.17, 15) is 9.90 Å². The van der Waals surface area contributed by atoms with Gasteiger partial charge in [-0.3, -0.25) is 10.1 Å². The van der Waals surface area contributed by atoms with Crippen molar-refractivity contribution in [1.82, 2.24) is 10.3 Å². The van der Waals surface area contributed by atoms with Gasteiger partial charge in [-0.2, -0.15) is 0 Å². The van der Waals surface area contributed by atoms with Crippen LogP contribution in [0.25, 0.3) is 0 Å². The molecule has 0 fully saturated rings. The molecule has 112 valence electrons. The van der Waals surface area contributed by atoms with Crippen LogP contribution in [-0.2, 0) is 16.8 Å². The third kappa shape index (κ3) is 4.12. The van der Waals surface area contributed by atoms with Gasteiger partial charge in [0.2, 0.25) is 0 Å². The zero-order valence-electron chi connectivity index (χ0n) is 12.5. The molecule has 1 aromatic heterocycles. The lowest BCUT2D eigenvalue weighted by molar-refractivity contribution is -0.139. The van der Waals surface area contributed by atoms with Crippen LogP contribution in [0.1, 0.15) is 42.3 Å². The molecule has 0 bridgehead atoms. The van der Waals surface area contributed by atoms with Crippen molar-refractivity contribution in [2.75, 3.05) is 0 Å². The van der Waals surface area contributed by atoms with Crippen LogP contribution in [0.2, 0.25) is 0 Å². The van der Waals surface area contributed by atoms with Gasteiger partial charge in [0.1, 0.15) is 6.04 Å². The first kappa shape index (κ1) is 15.7. The summed E-state index contributed by atoms with van der Waals surface area (Å²) in [5, 5.41) is 13.5. The van der Waals surface area contributed by atoms with E-state index < -0.39 is 12.0 Å². The molecule has 5 heteroatoms. The molecule has 0 aliphatic carbocycles. The highest BCUT2D eigenvalue weighted by Gasteiger charge is 2.21. The summed E-state index contributed by atoms with van der Waals surface area (Å²) in [6.07, 6.45) is 1.82. The normalized spacial score (nSPS) is 13.1. The molecule has 0 radical (unpaired) electrons. The van der Waals surface area contributed by atoms with Gasteiger partial charge in [-0.25, -0.2) is 4.98 Å². The lowest BCUT2D eigenvalue weighted by Gasteiger charge is -2.14. The molecule has 2 rings (SSSR count). The van der Waals surface area contributed by atoms with E-state index in [1.54, 1.807) is 11.3 Å². The average Bonchev–Trinajstić information content (AvgIpc) is 2.88. The van der Waals surface area contributed by atoms with Gasteiger partial charge in [0, 0.05) is 23.0 Å². The summed E-state index contributed by atoms with van der Waals surface area (Å²) in [6, 6.07) is 8.50. The van der Waals surface area contributed by atoms with Gasteiger partial charge in [-0.15, -0.1) is 11.3 Å². The van der Waals surface area contributed by atoms with Crippen LogP contribution in [0, 0.1) is 0 Å². The molecule has 1 unspecified atom stereocenters. The van der Waals surface area contributed by atoms with Crippen molar-refractivity contribution in [2.45, 2.75) is 38.8 Å². The molecule has 0 spiro atoms. The van der Waals surface area contributed by atoms with Crippen molar-refractivity contribution < 1.29 is 9.90 Å². The first-order chi connectivity index (χ1) is 9.88. The number of thiazole rings is 1. The van der Waals surface area contributed by atoms with Crippen LogP contribution in [0.3, 0.4) is 0 Å². The molecule has 21 heavy (non-hydrogen) atoms. The van der Waals surface area contributed by atoms with Gasteiger partial charge < -0.3 is 5.11 Å². The highest BCUT2D eigenvalue weighted by molar-refractivity contribution is 7.11. The monoisotopic (exact) mass is 304 g/mol. The minimum Gasteiger partial charge on any atom is -0.480 e. The average molecular weight is 304 g/mol. The van der Waals surface area contributed by atoms with Crippen LogP contribution in [0.5, 0.6) is 0 Å². The zero-order valence-corrected chi connectivity index (χ0v) is 13.3. The Labute approximate surface area is 128 Å². The van der Waals surface area contributed by atoms with Crippen molar-refractivity contribution in [1.29, 1.82) is 0 Å². The van der Waals surface area contributed by atoms with Crippen molar-refractivity contribution in [2.24, 2.45) is 0 Å². The number of nitrogens with zero attached hydrogens (tertiary/aromatic N) is 1. The maximum Gasteiger partial charge on any atom is 0.325 e. The Bertz CT molecular complexity index is 602. The molecule has 0 saturated carbocycles. The fourth-order valence-electron chi connectivity index (χ4n) is 1.93. The number of carboxylic acids is 1. The second-order valence-electron chi connectivity index (χ2n) is 5.94. The van der Waals surface area contributed by atoms with E-state index in [0.717, 1.165) is 15.4 Å². The standard InChI is InChI=1S/C16H20N2O2S/c1-16(2,3)15-18-10-12(21-15)9-17-13(14(19)20)11-7-5-4-6-8-11/h4-8,10,13,17H,9H2,1-3H3,(H,19,20). The van der Waals surface area contributed by atoms with E-state index >= 15 is 0 Å². The van der Waals surface area contributed by atoms with Crippen LogP contribution >= 0.6 is 11.3 Å². The Morgan fingerprint density at radius 1 is 1.33 bits per heavy atom. The molecular weight excluding hydrogens is 284 g/mol. The fourth-order valence-corrected chi connectivity index (χ4v) is 2.85. The second-order valence-corrected chi connectivity index (χ2v) is 7.06. The number of carbonyl (C=O) groups is 1. The van der Waals surface area contributed by atoms with Gasteiger partial charge in [-0.05, 0) is 5.56 Å². The first-order valence-electron chi connectivity index (χ1n) is 6.84. The summed E-state index contributed by atoms with van der Waals surface area (Å²) in [7, 11) is 0. The van der Waals surface area contributed by atoms with Crippen molar-refractivity contribution in [3.05, 3.63) is 52.0 Å². The minimum atomic E-state index is -0.873. The maximum atomic E-state index is 11.4. The molecule has 2 N–H and O–H groups in total. The van der Waals surface area contributed by atoms with Gasteiger partial charge in [-0.1, -0.05) is 51.1 Å². The highest BCUT2D eigenvalue weighted by atomic mass is 32.1. The number of hydrogen-bond donors (Lipinski definition) is 2. The van der Waals surface area contributed by atoms with Crippen molar-refractivity contribution in [3.63, 3.8) is 0 Å². The van der Waals surface area contributed by atoms with E-state index in [4.69, 9.17) is 0 Å². The summed E-state index contributed by atoms with van der Waals surface area (Å²) in [4.78, 5) is 16.9. The van der Waals surface area contributed by atoms with Crippen LogP contribution in [-0.4, -0.2) is 16.1 Å². The molecule has 1 aromatic carbocycles. The Balaban J connectivity index is 2.06. The van der Waals surface area contributed by atoms with Crippen LogP contribution < -0.4 is 5.32 Å². The predicted octanol–water partition coefficient (Wildman–Crippen LogP) is 3.36. The SMILES string of the molecule is CC(C)(C)c1ncc(CNC(C(=O)O)c2ccccc2)s1. The summed E-state index contributed by atoms with van der Waals surface area (Å²) in [5.74, 6) is -0.873. The molecular formula is C16H20N2O2S. The quantitative estimate of drug-likeness (QED) is 0.889. The molecule has 1 heterocycles. The van der Waals surface area contributed by atoms with E-state index in [2.05, 4.69) is 31.1 Å². The fraction of sp³-hybridized carbons (Fsp3) is 0.375. The number of rotatable bonds is 5. The van der Waals surface area contributed by atoms with Gasteiger partial charge in [0.25, 0.3) is 0 Å². The zero-order chi connectivity index (χ0) is 15.5. The molecule has 1 atom stereocenters. The topological polar surface area (TPSA) is 62.2 Å². The Hall–Kier alpha value is -1.72. The summed E-state index contributed by atoms with van der Waals surface area (Å²) in [6.45, 7) is 6.85. The van der Waals surface area contributed by atoms with E-state index in [-0.39, 0.29) is 5.41 Å². The summed E-state index contributed by atoms with van der Waals surface area (Å²) >= 11 is 1.62. The van der Waals surface area contributed by atoms with E-state index in [1.165, 1.54) is 0 Å². The minimum absolute atomic E-state index is 0.0224. The van der Waals surface area contributed by atoms with Crippen LogP contribution in [0.15, 0.2) is 36.5 Å². The Morgan fingerprint density at radius 2 is 2.00 bits per heavy atom. The number of aromatic nitrogens is 1. The number of hydrogen-bond acceptors (Lipinski definition) is 4. The van der Waals surface area contributed by atoms with Crippen molar-refractivity contribution >= 4 is 17.3 Å². The summed E-state index contributed by atoms with van der Waals surface area (Å²) in [5.41, 5.74) is 0.778. The lowest BCUT2D eigenvalue weighted by atomic mass is 9.98. The van der Waals surface area contributed by atoms with Crippen LogP contribution in [0.4, 0.5) is 0 Å². The molecule has 0 aliphatic rings. The smallest absolute Gasteiger partial charge is 0.325 e. The molecule has 4 nitrogen and oxygen atoms in total. The summed E-state index contributed by atoms with van der Waals surface area (Å²) < 4.78 is 0. The number of carboxylic acid groups (broad SMARTS) is 1. The van der Waals surface area contributed by atoms with Crippen molar-refractivity contribution in [3.8, 4) is 0 Å². The number of aliphatic carboxylic acids is 1. The first-order valence-corrected chi connectivity index (χ1v) is 7.66. The highest BCUT2D eigenvalue weighted by Crippen LogP contribution is 2.27. The third-order valence-electron chi connectivity index (χ3n) is 3.06. The van der Waals surface area contributed by atoms with E-state index in [1.807, 2.05) is 36.5 Å². The Kier molecular flexibility index (Phi) is 4.75. The maximum absolute atomic E-state index is 11.4. The van der Waals surface area contributed by atoms with Gasteiger partial charge >= 0.3 is 5.97 Å². The lowest BCUT2D eigenvalue weighted by Crippen LogP contribution is -2.27.